The number of carbonyl (C=O) groups excluding carboxylic acids is 2. The Morgan fingerprint density at radius 2 is 1.79 bits per heavy atom. The molecule has 0 unspecified atom stereocenters. The maximum Gasteiger partial charge on any atom is 0.289 e. The zero-order valence-corrected chi connectivity index (χ0v) is 16.4. The van der Waals surface area contributed by atoms with E-state index in [1.54, 1.807) is 0 Å². The van der Waals surface area contributed by atoms with Gasteiger partial charge in [-0.25, -0.2) is 0 Å². The average molecular weight is 383 g/mol. The van der Waals surface area contributed by atoms with Crippen LogP contribution in [-0.2, 0) is 4.79 Å². The van der Waals surface area contributed by atoms with Crippen molar-refractivity contribution in [3.8, 4) is 0 Å². The number of fused-ring (bicyclic) bond motifs is 1. The Morgan fingerprint density at radius 3 is 2.54 bits per heavy atom. The van der Waals surface area contributed by atoms with Crippen molar-refractivity contribution in [3.05, 3.63) is 36.1 Å². The molecular weight excluding hydrogens is 354 g/mol. The number of carbonyl (C=O) groups is 2. The van der Waals surface area contributed by atoms with E-state index in [1.165, 1.54) is 19.3 Å². The first-order valence-electron chi connectivity index (χ1n) is 10.5. The monoisotopic (exact) mass is 383 g/mol. The van der Waals surface area contributed by atoms with E-state index in [2.05, 4.69) is 10.2 Å². The normalized spacial score (nSPS) is 19.1. The lowest BCUT2D eigenvalue weighted by Crippen LogP contribution is -2.49. The van der Waals surface area contributed by atoms with Crippen LogP contribution >= 0.6 is 0 Å². The van der Waals surface area contributed by atoms with Gasteiger partial charge in [0.25, 0.3) is 5.91 Å². The number of benzene rings is 1. The lowest BCUT2D eigenvalue weighted by Gasteiger charge is -2.34. The van der Waals surface area contributed by atoms with E-state index in [4.69, 9.17) is 4.42 Å². The molecule has 0 radical (unpaired) electrons. The summed E-state index contributed by atoms with van der Waals surface area (Å²) in [4.78, 5) is 29.0. The molecule has 0 spiro atoms. The van der Waals surface area contributed by atoms with Gasteiger partial charge in [0.05, 0.1) is 0 Å². The molecule has 2 aromatic rings. The van der Waals surface area contributed by atoms with E-state index < -0.39 is 0 Å². The van der Waals surface area contributed by atoms with E-state index in [0.717, 1.165) is 43.4 Å². The summed E-state index contributed by atoms with van der Waals surface area (Å²) < 4.78 is 5.70. The molecule has 0 bridgehead atoms. The first-order valence-corrected chi connectivity index (χ1v) is 10.5. The Morgan fingerprint density at radius 1 is 1.04 bits per heavy atom. The lowest BCUT2D eigenvalue weighted by atomic mass is 9.95. The lowest BCUT2D eigenvalue weighted by molar-refractivity contribution is -0.122. The highest BCUT2D eigenvalue weighted by molar-refractivity contribution is 5.96. The predicted octanol–water partition coefficient (Wildman–Crippen LogP) is 3.03. The second kappa shape index (κ2) is 8.78. The van der Waals surface area contributed by atoms with Gasteiger partial charge in [-0.2, -0.15) is 0 Å². The smallest absolute Gasteiger partial charge is 0.289 e. The van der Waals surface area contributed by atoms with Gasteiger partial charge in [-0.05, 0) is 25.0 Å². The molecule has 1 aromatic heterocycles. The molecule has 6 heteroatoms. The van der Waals surface area contributed by atoms with Crippen molar-refractivity contribution < 1.29 is 14.0 Å². The van der Waals surface area contributed by atoms with E-state index in [1.807, 2.05) is 35.2 Å². The summed E-state index contributed by atoms with van der Waals surface area (Å²) in [5.41, 5.74) is 0.744. The third-order valence-electron chi connectivity index (χ3n) is 5.92. The van der Waals surface area contributed by atoms with Crippen LogP contribution in [0.4, 0.5) is 0 Å². The molecule has 1 aliphatic carbocycles. The van der Waals surface area contributed by atoms with Crippen molar-refractivity contribution in [2.75, 3.05) is 32.7 Å². The van der Waals surface area contributed by atoms with Gasteiger partial charge >= 0.3 is 0 Å². The highest BCUT2D eigenvalue weighted by atomic mass is 16.3. The third kappa shape index (κ3) is 4.55. The number of nitrogens with zero attached hydrogens (tertiary/aromatic N) is 2. The van der Waals surface area contributed by atoms with E-state index >= 15 is 0 Å². The Labute approximate surface area is 165 Å². The summed E-state index contributed by atoms with van der Waals surface area (Å²) >= 11 is 0. The Balaban J connectivity index is 1.21. The van der Waals surface area contributed by atoms with Crippen LogP contribution in [-0.4, -0.2) is 60.4 Å². The van der Waals surface area contributed by atoms with Gasteiger partial charge in [0.2, 0.25) is 5.91 Å². The van der Waals surface area contributed by atoms with Crippen molar-refractivity contribution in [1.82, 2.24) is 15.1 Å². The number of hydrogen-bond acceptors (Lipinski definition) is 4. The molecule has 2 aliphatic rings. The van der Waals surface area contributed by atoms with Gasteiger partial charge < -0.3 is 14.6 Å². The quantitative estimate of drug-likeness (QED) is 0.862. The highest BCUT2D eigenvalue weighted by Gasteiger charge is 2.25. The molecule has 1 saturated heterocycles. The van der Waals surface area contributed by atoms with Gasteiger partial charge in [-0.1, -0.05) is 37.5 Å². The molecule has 1 saturated carbocycles. The number of furan rings is 1. The SMILES string of the molecule is O=C(CCN1CCN(C(=O)c2cc3ccccc3o2)CC1)NC1CCCCC1. The third-order valence-corrected chi connectivity index (χ3v) is 5.92. The first kappa shape index (κ1) is 19.0. The zero-order valence-electron chi connectivity index (χ0n) is 16.4. The van der Waals surface area contributed by atoms with Crippen LogP contribution in [0.1, 0.15) is 49.1 Å². The summed E-state index contributed by atoms with van der Waals surface area (Å²) in [5, 5.41) is 4.13. The molecule has 0 atom stereocenters. The number of para-hydroxylation sites is 1. The maximum absolute atomic E-state index is 12.7. The van der Waals surface area contributed by atoms with Crippen molar-refractivity contribution in [2.45, 2.75) is 44.6 Å². The predicted molar refractivity (Wildman–Crippen MR) is 108 cm³/mol. The van der Waals surface area contributed by atoms with Gasteiger partial charge in [0.15, 0.2) is 5.76 Å². The molecular formula is C22H29N3O3. The van der Waals surface area contributed by atoms with Gasteiger partial charge in [-0.3, -0.25) is 14.5 Å². The molecule has 1 aliphatic heterocycles. The van der Waals surface area contributed by atoms with E-state index in [9.17, 15) is 9.59 Å². The first-order chi connectivity index (χ1) is 13.7. The molecule has 2 amide bonds. The topological polar surface area (TPSA) is 65.8 Å². The molecule has 2 heterocycles. The molecule has 6 nitrogen and oxygen atoms in total. The standard InChI is InChI=1S/C22H29N3O3/c26-21(23-18-7-2-1-3-8-18)10-11-24-12-14-25(15-13-24)22(27)20-16-17-6-4-5-9-19(17)28-20/h4-6,9,16,18H,1-3,7-8,10-15H2,(H,23,26). The van der Waals surface area contributed by atoms with Crippen molar-refractivity contribution in [2.24, 2.45) is 0 Å². The minimum absolute atomic E-state index is 0.0501. The number of nitrogens with one attached hydrogen (secondary N) is 1. The second-order valence-corrected chi connectivity index (χ2v) is 7.93. The van der Waals surface area contributed by atoms with Crippen LogP contribution < -0.4 is 5.32 Å². The van der Waals surface area contributed by atoms with Crippen molar-refractivity contribution in [3.63, 3.8) is 0 Å². The van der Waals surface area contributed by atoms with E-state index in [0.29, 0.717) is 31.3 Å². The van der Waals surface area contributed by atoms with Crippen LogP contribution in [0.2, 0.25) is 0 Å². The summed E-state index contributed by atoms with van der Waals surface area (Å²) in [6.45, 7) is 3.68. The minimum atomic E-state index is -0.0501. The van der Waals surface area contributed by atoms with Crippen LogP contribution in [0.5, 0.6) is 0 Å². The number of amides is 2. The second-order valence-electron chi connectivity index (χ2n) is 7.93. The van der Waals surface area contributed by atoms with Gasteiger partial charge in [0, 0.05) is 50.6 Å². The van der Waals surface area contributed by atoms with Crippen LogP contribution in [0.15, 0.2) is 34.7 Å². The Hall–Kier alpha value is -2.34. The minimum Gasteiger partial charge on any atom is -0.451 e. The maximum atomic E-state index is 12.7. The fourth-order valence-corrected chi connectivity index (χ4v) is 4.22. The van der Waals surface area contributed by atoms with Crippen LogP contribution in [0, 0.1) is 0 Å². The van der Waals surface area contributed by atoms with Crippen molar-refractivity contribution in [1.29, 1.82) is 0 Å². The summed E-state index contributed by atoms with van der Waals surface area (Å²) in [6, 6.07) is 9.87. The molecule has 1 N–H and O–H groups in total. The molecule has 2 fully saturated rings. The number of piperazine rings is 1. The highest BCUT2D eigenvalue weighted by Crippen LogP contribution is 2.21. The van der Waals surface area contributed by atoms with Gasteiger partial charge in [0.1, 0.15) is 5.58 Å². The fraction of sp³-hybridized carbons (Fsp3) is 0.545. The summed E-state index contributed by atoms with van der Waals surface area (Å²) in [5.74, 6) is 0.514. The summed E-state index contributed by atoms with van der Waals surface area (Å²) in [6.07, 6.45) is 6.53. The number of hydrogen-bond donors (Lipinski definition) is 1. The molecule has 150 valence electrons. The fourth-order valence-electron chi connectivity index (χ4n) is 4.22. The van der Waals surface area contributed by atoms with Crippen LogP contribution in [0.25, 0.3) is 11.0 Å². The molecule has 1 aromatic carbocycles. The van der Waals surface area contributed by atoms with E-state index in [-0.39, 0.29) is 11.8 Å². The largest absolute Gasteiger partial charge is 0.451 e. The summed E-state index contributed by atoms with van der Waals surface area (Å²) in [7, 11) is 0. The zero-order chi connectivity index (χ0) is 19.3. The average Bonchev–Trinajstić information content (AvgIpc) is 3.17. The van der Waals surface area contributed by atoms with Crippen molar-refractivity contribution >= 4 is 22.8 Å². The van der Waals surface area contributed by atoms with Crippen LogP contribution in [0.3, 0.4) is 0 Å². The molecule has 28 heavy (non-hydrogen) atoms. The van der Waals surface area contributed by atoms with Gasteiger partial charge in [-0.15, -0.1) is 0 Å². The Bertz CT molecular complexity index is 784. The Kier molecular flexibility index (Phi) is 5.95. The molecule has 4 rings (SSSR count). The number of rotatable bonds is 5.